The molecular weight excluding hydrogens is 224 g/mol. The van der Waals surface area contributed by atoms with Crippen LogP contribution >= 0.6 is 15.9 Å². The Bertz CT molecular complexity index is 239. The van der Waals surface area contributed by atoms with E-state index in [-0.39, 0.29) is 0 Å². The zero-order valence-corrected chi connectivity index (χ0v) is 8.08. The first-order valence-corrected chi connectivity index (χ1v) is 3.95. The van der Waals surface area contributed by atoms with Crippen molar-refractivity contribution in [1.29, 1.82) is 0 Å². The lowest BCUT2D eigenvalue weighted by molar-refractivity contribution is -0.134. The van der Waals surface area contributed by atoms with Crippen LogP contribution in [0.25, 0.3) is 0 Å². The first kappa shape index (κ1) is 11.0. The van der Waals surface area contributed by atoms with E-state index in [1.807, 2.05) is 6.07 Å². The quantitative estimate of drug-likeness (QED) is 0.722. The summed E-state index contributed by atoms with van der Waals surface area (Å²) >= 11 is 3.20. The second-order valence-corrected chi connectivity index (χ2v) is 2.91. The Morgan fingerprint density at radius 2 is 2.00 bits per heavy atom. The van der Waals surface area contributed by atoms with Crippen molar-refractivity contribution in [3.05, 3.63) is 28.7 Å². The number of carbonyl (C=O) groups is 1. The Morgan fingerprint density at radius 1 is 1.50 bits per heavy atom. The predicted molar refractivity (Wildman–Crippen MR) is 49.1 cm³/mol. The van der Waals surface area contributed by atoms with Crippen molar-refractivity contribution in [2.75, 3.05) is 0 Å². The molecule has 0 aliphatic carbocycles. The Morgan fingerprint density at radius 3 is 2.25 bits per heavy atom. The fourth-order valence-corrected chi connectivity index (χ4v) is 0.863. The molecule has 0 saturated carbocycles. The van der Waals surface area contributed by atoms with Gasteiger partial charge in [0.2, 0.25) is 0 Å². The van der Waals surface area contributed by atoms with Crippen LogP contribution in [0, 0.1) is 0 Å². The summed E-state index contributed by atoms with van der Waals surface area (Å²) in [5, 5.41) is 16.2. The van der Waals surface area contributed by atoms with Crippen LogP contribution in [-0.2, 0) is 4.79 Å². The minimum atomic E-state index is -0.833. The zero-order valence-electron chi connectivity index (χ0n) is 6.49. The molecule has 1 aromatic rings. The molecule has 0 aromatic heterocycles. The van der Waals surface area contributed by atoms with Gasteiger partial charge in [-0.1, -0.05) is 22.0 Å². The van der Waals surface area contributed by atoms with Crippen LogP contribution in [0.1, 0.15) is 6.92 Å². The number of phenols is 1. The van der Waals surface area contributed by atoms with Gasteiger partial charge in [0.25, 0.3) is 5.97 Å². The van der Waals surface area contributed by atoms with Crippen LogP contribution in [-0.4, -0.2) is 16.2 Å². The summed E-state index contributed by atoms with van der Waals surface area (Å²) < 4.78 is 0.900. The summed E-state index contributed by atoms with van der Waals surface area (Å²) in [6.45, 7) is 1.08. The van der Waals surface area contributed by atoms with Gasteiger partial charge in [-0.15, -0.1) is 0 Å². The number of phenolic OH excluding ortho intramolecular Hbond substituents is 1. The van der Waals surface area contributed by atoms with Crippen molar-refractivity contribution in [1.82, 2.24) is 0 Å². The normalized spacial score (nSPS) is 8.17. The summed E-state index contributed by atoms with van der Waals surface area (Å²) in [5.41, 5.74) is 0. The second kappa shape index (κ2) is 5.60. The van der Waals surface area contributed by atoms with E-state index < -0.39 is 5.97 Å². The highest BCUT2D eigenvalue weighted by Gasteiger charge is 1.84. The molecule has 3 nitrogen and oxygen atoms in total. The van der Waals surface area contributed by atoms with Crippen molar-refractivity contribution >= 4 is 21.9 Å². The van der Waals surface area contributed by atoms with Gasteiger partial charge in [-0.25, -0.2) is 0 Å². The molecule has 12 heavy (non-hydrogen) atoms. The lowest BCUT2D eigenvalue weighted by atomic mass is 10.3. The molecule has 0 amide bonds. The molecule has 0 unspecified atom stereocenters. The van der Waals surface area contributed by atoms with Crippen LogP contribution in [0.4, 0.5) is 0 Å². The minimum absolute atomic E-state index is 0.291. The summed E-state index contributed by atoms with van der Waals surface area (Å²) in [6.07, 6.45) is 0. The maximum absolute atomic E-state index is 9.00. The maximum Gasteiger partial charge on any atom is 0.300 e. The Balaban J connectivity index is 0.000000261. The average molecular weight is 233 g/mol. The van der Waals surface area contributed by atoms with Crippen molar-refractivity contribution in [3.8, 4) is 5.75 Å². The summed E-state index contributed by atoms with van der Waals surface area (Å²) in [5.74, 6) is -0.542. The number of carboxylic acid groups (broad SMARTS) is 1. The van der Waals surface area contributed by atoms with E-state index in [9.17, 15) is 0 Å². The van der Waals surface area contributed by atoms with Gasteiger partial charge in [0.1, 0.15) is 5.75 Å². The number of carboxylic acids is 1. The number of benzene rings is 1. The summed E-state index contributed by atoms with van der Waals surface area (Å²) in [7, 11) is 0. The largest absolute Gasteiger partial charge is 0.508 e. The van der Waals surface area contributed by atoms with E-state index in [0.717, 1.165) is 11.4 Å². The molecule has 0 aliphatic heterocycles. The van der Waals surface area contributed by atoms with Crippen molar-refractivity contribution in [2.24, 2.45) is 0 Å². The highest BCUT2D eigenvalue weighted by Crippen LogP contribution is 2.15. The number of rotatable bonds is 0. The van der Waals surface area contributed by atoms with E-state index in [1.54, 1.807) is 18.2 Å². The van der Waals surface area contributed by atoms with Crippen LogP contribution in [0.15, 0.2) is 28.7 Å². The lowest BCUT2D eigenvalue weighted by Gasteiger charge is -1.88. The molecule has 2 N–H and O–H groups in total. The molecule has 0 spiro atoms. The van der Waals surface area contributed by atoms with E-state index in [0.29, 0.717) is 5.75 Å². The molecule has 0 heterocycles. The molecule has 0 radical (unpaired) electrons. The number of hydrogen-bond acceptors (Lipinski definition) is 2. The van der Waals surface area contributed by atoms with E-state index in [4.69, 9.17) is 15.0 Å². The third kappa shape index (κ3) is 7.08. The van der Waals surface area contributed by atoms with Gasteiger partial charge < -0.3 is 10.2 Å². The van der Waals surface area contributed by atoms with Crippen LogP contribution < -0.4 is 0 Å². The van der Waals surface area contributed by atoms with Crippen LogP contribution in [0.3, 0.4) is 0 Å². The van der Waals surface area contributed by atoms with Crippen molar-refractivity contribution in [2.45, 2.75) is 6.92 Å². The van der Waals surface area contributed by atoms with Crippen molar-refractivity contribution in [3.63, 3.8) is 0 Å². The number of halogens is 1. The number of aliphatic carboxylic acids is 1. The zero-order chi connectivity index (χ0) is 9.56. The molecular formula is C8H9BrO3. The molecule has 0 fully saturated rings. The first-order valence-electron chi connectivity index (χ1n) is 3.16. The van der Waals surface area contributed by atoms with Gasteiger partial charge in [-0.3, -0.25) is 4.79 Å². The third-order valence-electron chi connectivity index (χ3n) is 0.808. The van der Waals surface area contributed by atoms with Crippen LogP contribution in [0.2, 0.25) is 0 Å². The molecule has 1 rings (SSSR count). The summed E-state index contributed by atoms with van der Waals surface area (Å²) in [6, 6.07) is 6.91. The molecule has 1 aromatic carbocycles. The number of hydrogen-bond donors (Lipinski definition) is 2. The highest BCUT2D eigenvalue weighted by atomic mass is 79.9. The fraction of sp³-hybridized carbons (Fsp3) is 0.125. The molecule has 0 saturated heterocycles. The van der Waals surface area contributed by atoms with E-state index >= 15 is 0 Å². The van der Waals surface area contributed by atoms with Crippen LogP contribution in [0.5, 0.6) is 5.75 Å². The molecule has 66 valence electrons. The Hall–Kier alpha value is -1.03. The molecule has 0 aliphatic rings. The average Bonchev–Trinajstić information content (AvgIpc) is 1.84. The Kier molecular flexibility index (Phi) is 5.12. The smallest absolute Gasteiger partial charge is 0.300 e. The topological polar surface area (TPSA) is 57.5 Å². The monoisotopic (exact) mass is 232 g/mol. The summed E-state index contributed by atoms with van der Waals surface area (Å²) in [4.78, 5) is 9.00. The fourth-order valence-electron chi connectivity index (χ4n) is 0.476. The SMILES string of the molecule is CC(=O)O.Oc1cccc(Br)c1. The third-order valence-corrected chi connectivity index (χ3v) is 1.30. The first-order chi connectivity index (χ1) is 5.52. The minimum Gasteiger partial charge on any atom is -0.508 e. The van der Waals surface area contributed by atoms with Gasteiger partial charge in [0, 0.05) is 11.4 Å². The lowest BCUT2D eigenvalue weighted by Crippen LogP contribution is -1.78. The van der Waals surface area contributed by atoms with Crippen molar-refractivity contribution < 1.29 is 15.0 Å². The standard InChI is InChI=1S/C6H5BrO.C2H4O2/c7-5-2-1-3-6(8)4-5;1-2(3)4/h1-4,8H;1H3,(H,3,4). The molecule has 0 bridgehead atoms. The van der Waals surface area contributed by atoms with Gasteiger partial charge in [-0.2, -0.15) is 0 Å². The number of aromatic hydroxyl groups is 1. The molecule has 4 heteroatoms. The van der Waals surface area contributed by atoms with Gasteiger partial charge >= 0.3 is 0 Å². The Labute approximate surface area is 78.8 Å². The van der Waals surface area contributed by atoms with Gasteiger partial charge in [-0.05, 0) is 18.2 Å². The van der Waals surface area contributed by atoms with E-state index in [2.05, 4.69) is 15.9 Å². The maximum atomic E-state index is 9.00. The van der Waals surface area contributed by atoms with E-state index in [1.165, 1.54) is 0 Å². The molecule has 0 atom stereocenters. The van der Waals surface area contributed by atoms with Gasteiger partial charge in [0.15, 0.2) is 0 Å². The van der Waals surface area contributed by atoms with Gasteiger partial charge in [0.05, 0.1) is 0 Å². The predicted octanol–water partition coefficient (Wildman–Crippen LogP) is 2.25. The highest BCUT2D eigenvalue weighted by molar-refractivity contribution is 9.10. The second-order valence-electron chi connectivity index (χ2n) is 2.00.